The standard InChI is InChI=1S/C18H18F2O5.2Na.H3O4P/c1-22-13-6-5-10(7-12(13)21)16(19)17(20)11-8-14(23-2)18(25-4)15(9-11)24-3;;;1-5(2,3)4/h5-9,21H,1-4H3;;;(H3,1,2,3,4)/q;2*+1;/p-2/b17-16-;;;. The quantitative estimate of drug-likeness (QED) is 0.234. The Kier molecular flexibility index (Phi) is 15.8. The number of ether oxygens (including phenoxy) is 4. The molecule has 166 valence electrons. The molecule has 0 fully saturated rings. The molecule has 0 spiro atoms. The Morgan fingerprint density at radius 3 is 1.56 bits per heavy atom. The Bertz CT molecular complexity index is 934. The molecule has 0 saturated heterocycles. The molecule has 0 atom stereocenters. The van der Waals surface area contributed by atoms with E-state index < -0.39 is 19.5 Å². The van der Waals surface area contributed by atoms with Gasteiger partial charge < -0.3 is 43.3 Å². The van der Waals surface area contributed by atoms with E-state index in [2.05, 4.69) is 0 Å². The number of phenolic OH excluding ortho intramolecular Hbond substituents is 1. The van der Waals surface area contributed by atoms with Gasteiger partial charge in [0.05, 0.1) is 36.3 Å². The zero-order valence-corrected chi connectivity index (χ0v) is 23.2. The van der Waals surface area contributed by atoms with Gasteiger partial charge in [-0.2, -0.15) is 0 Å². The van der Waals surface area contributed by atoms with Crippen LogP contribution in [0.4, 0.5) is 8.78 Å². The Balaban J connectivity index is 0. The van der Waals surface area contributed by atoms with Crippen LogP contribution in [0.5, 0.6) is 28.7 Å². The van der Waals surface area contributed by atoms with E-state index in [-0.39, 0.29) is 99.0 Å². The first-order valence-corrected chi connectivity index (χ1v) is 9.44. The van der Waals surface area contributed by atoms with E-state index in [0.29, 0.717) is 0 Å². The SMILES string of the molecule is COc1ccc(/C(F)=C(/F)c2cc(OC)c(OC)c(OC)c2)cc1O.O=P([O-])([O-])O.[Na+].[Na+]. The third kappa shape index (κ3) is 9.96. The number of phosphoric acid groups is 1. The maximum Gasteiger partial charge on any atom is 1.00 e. The molecule has 9 nitrogen and oxygen atoms in total. The first kappa shape index (κ1) is 33.3. The normalized spacial score (nSPS) is 10.9. The number of hydrogen-bond donors (Lipinski definition) is 2. The topological polar surface area (TPSA) is 141 Å². The first-order valence-electron chi connectivity index (χ1n) is 7.94. The minimum Gasteiger partial charge on any atom is -0.790 e. The van der Waals surface area contributed by atoms with Gasteiger partial charge in [-0.25, -0.2) is 8.78 Å². The largest absolute Gasteiger partial charge is 1.00 e. The second-order valence-corrected chi connectivity index (χ2v) is 6.33. The molecule has 0 aromatic heterocycles. The van der Waals surface area contributed by atoms with Gasteiger partial charge in [0.15, 0.2) is 34.7 Å². The smallest absolute Gasteiger partial charge is 0.790 e. The first-order chi connectivity index (χ1) is 14.0. The summed E-state index contributed by atoms with van der Waals surface area (Å²) in [5, 5.41) is 9.73. The molecule has 0 aliphatic heterocycles. The predicted molar refractivity (Wildman–Crippen MR) is 99.6 cm³/mol. The van der Waals surface area contributed by atoms with Crippen molar-refractivity contribution in [1.82, 2.24) is 0 Å². The summed E-state index contributed by atoms with van der Waals surface area (Å²) in [7, 11) is 0.380. The Morgan fingerprint density at radius 1 is 0.812 bits per heavy atom. The zero-order chi connectivity index (χ0) is 23.1. The molecule has 0 saturated carbocycles. The number of methoxy groups -OCH3 is 4. The van der Waals surface area contributed by atoms with Gasteiger partial charge in [-0.15, -0.1) is 0 Å². The third-order valence-electron chi connectivity index (χ3n) is 3.54. The number of halogens is 2. The monoisotopic (exact) mass is 494 g/mol. The second-order valence-electron chi connectivity index (χ2n) is 5.40. The van der Waals surface area contributed by atoms with Gasteiger partial charge >= 0.3 is 59.1 Å². The zero-order valence-electron chi connectivity index (χ0n) is 18.3. The molecule has 0 amide bonds. The average molecular weight is 494 g/mol. The molecule has 0 radical (unpaired) electrons. The van der Waals surface area contributed by atoms with E-state index in [4.69, 9.17) is 38.2 Å². The number of rotatable bonds is 6. The molecule has 2 aromatic carbocycles. The van der Waals surface area contributed by atoms with Gasteiger partial charge in [0, 0.05) is 11.1 Å². The number of phenols is 1. The molecule has 0 bridgehead atoms. The summed E-state index contributed by atoms with van der Waals surface area (Å²) in [4.78, 5) is 24.3. The van der Waals surface area contributed by atoms with Crippen LogP contribution in [0.25, 0.3) is 11.7 Å². The third-order valence-corrected chi connectivity index (χ3v) is 3.54. The van der Waals surface area contributed by atoms with Crippen molar-refractivity contribution in [2.45, 2.75) is 0 Å². The van der Waals surface area contributed by atoms with Gasteiger partial charge in [0.2, 0.25) is 5.75 Å². The molecule has 0 heterocycles. The fourth-order valence-electron chi connectivity index (χ4n) is 2.29. The summed E-state index contributed by atoms with van der Waals surface area (Å²) in [6, 6.07) is 6.29. The molecule has 0 unspecified atom stereocenters. The van der Waals surface area contributed by atoms with Crippen LogP contribution in [-0.4, -0.2) is 38.4 Å². The minimum absolute atomic E-state index is 0. The maximum absolute atomic E-state index is 14.6. The van der Waals surface area contributed by atoms with Crippen LogP contribution in [0.2, 0.25) is 0 Å². The summed E-state index contributed by atoms with van der Waals surface area (Å²) >= 11 is 0. The fraction of sp³-hybridized carbons (Fsp3) is 0.222. The summed E-state index contributed by atoms with van der Waals surface area (Å²) in [5.41, 5.74) is -0.230. The van der Waals surface area contributed by atoms with Crippen LogP contribution < -0.4 is 87.8 Å². The van der Waals surface area contributed by atoms with E-state index in [1.807, 2.05) is 0 Å². The van der Waals surface area contributed by atoms with Crippen LogP contribution in [-0.2, 0) is 4.57 Å². The summed E-state index contributed by atoms with van der Waals surface area (Å²) < 4.78 is 58.1. The van der Waals surface area contributed by atoms with Crippen LogP contribution in [0, 0.1) is 0 Å². The number of aromatic hydroxyl groups is 1. The van der Waals surface area contributed by atoms with Gasteiger partial charge in [-0.1, -0.05) is 0 Å². The van der Waals surface area contributed by atoms with Crippen molar-refractivity contribution in [3.05, 3.63) is 41.5 Å². The molecule has 32 heavy (non-hydrogen) atoms. The van der Waals surface area contributed by atoms with Crippen LogP contribution in [0.3, 0.4) is 0 Å². The molecule has 2 aromatic rings. The van der Waals surface area contributed by atoms with Crippen molar-refractivity contribution in [1.29, 1.82) is 0 Å². The van der Waals surface area contributed by atoms with Crippen molar-refractivity contribution in [2.75, 3.05) is 28.4 Å². The Hall–Kier alpha value is -0.850. The van der Waals surface area contributed by atoms with Gasteiger partial charge in [-0.05, 0) is 30.3 Å². The van der Waals surface area contributed by atoms with Crippen molar-refractivity contribution in [3.8, 4) is 28.7 Å². The summed E-state index contributed by atoms with van der Waals surface area (Å²) in [6.07, 6.45) is 0. The Morgan fingerprint density at radius 2 is 1.22 bits per heavy atom. The Labute approximate surface area is 227 Å². The predicted octanol–water partition coefficient (Wildman–Crippen LogP) is -3.99. The van der Waals surface area contributed by atoms with Gasteiger partial charge in [0.25, 0.3) is 0 Å². The van der Waals surface area contributed by atoms with E-state index in [1.165, 1.54) is 52.7 Å². The van der Waals surface area contributed by atoms with Crippen molar-refractivity contribution in [3.63, 3.8) is 0 Å². The summed E-state index contributed by atoms with van der Waals surface area (Å²) in [5.74, 6) is -1.77. The molecular weight excluding hydrogens is 475 g/mol. The fourth-order valence-corrected chi connectivity index (χ4v) is 2.29. The van der Waals surface area contributed by atoms with Crippen LogP contribution in [0.15, 0.2) is 30.3 Å². The number of hydrogen-bond acceptors (Lipinski definition) is 8. The van der Waals surface area contributed by atoms with E-state index in [1.54, 1.807) is 0 Å². The second kappa shape index (κ2) is 15.1. The van der Waals surface area contributed by atoms with Gasteiger partial charge in [-0.3, -0.25) is 0 Å². The summed E-state index contributed by atoms with van der Waals surface area (Å²) in [6.45, 7) is 0. The minimum atomic E-state index is -5.14. The average Bonchev–Trinajstić information content (AvgIpc) is 2.70. The molecule has 2 N–H and O–H groups in total. The molecule has 14 heteroatoms. The van der Waals surface area contributed by atoms with Crippen molar-refractivity contribution >= 4 is 19.5 Å². The van der Waals surface area contributed by atoms with Crippen molar-refractivity contribution in [2.24, 2.45) is 0 Å². The molecule has 0 aliphatic rings. The van der Waals surface area contributed by atoms with Crippen LogP contribution in [0.1, 0.15) is 11.1 Å². The maximum atomic E-state index is 14.6. The van der Waals surface area contributed by atoms with E-state index in [0.717, 1.165) is 6.07 Å². The van der Waals surface area contributed by atoms with Crippen molar-refractivity contribution < 1.29 is 111 Å². The van der Waals surface area contributed by atoms with Crippen LogP contribution >= 0.6 is 7.82 Å². The molecule has 0 aliphatic carbocycles. The van der Waals surface area contributed by atoms with Gasteiger partial charge in [0.1, 0.15) is 0 Å². The molecular formula is C18H19F2Na2O9P. The van der Waals surface area contributed by atoms with E-state index in [9.17, 15) is 13.9 Å². The molecule has 2 rings (SSSR count). The number of benzene rings is 2. The van der Waals surface area contributed by atoms with E-state index >= 15 is 0 Å².